The summed E-state index contributed by atoms with van der Waals surface area (Å²) in [6.45, 7) is 1.17. The van der Waals surface area contributed by atoms with Crippen LogP contribution in [0.1, 0.15) is 17.5 Å². The van der Waals surface area contributed by atoms with Crippen molar-refractivity contribution < 1.29 is 8.78 Å². The molecule has 1 heterocycles. The summed E-state index contributed by atoms with van der Waals surface area (Å²) in [5, 5.41) is 0. The maximum Gasteiger partial charge on any atom is 0.129 e. The zero-order chi connectivity index (χ0) is 13.4. The topological polar surface area (TPSA) is 41.6 Å². The molecule has 1 unspecified atom stereocenters. The van der Waals surface area contributed by atoms with Crippen molar-refractivity contribution in [1.29, 1.82) is 0 Å². The second-order valence-electron chi connectivity index (χ2n) is 5.21. The van der Waals surface area contributed by atoms with Gasteiger partial charge in [0, 0.05) is 24.9 Å². The lowest BCUT2D eigenvalue weighted by Crippen LogP contribution is -2.46. The monoisotopic (exact) mass is 265 g/mol. The number of hydrogen-bond donors (Lipinski definition) is 1. The number of rotatable bonds is 2. The van der Waals surface area contributed by atoms with Gasteiger partial charge in [0.15, 0.2) is 0 Å². The number of benzene rings is 1. The summed E-state index contributed by atoms with van der Waals surface area (Å²) in [6.07, 6.45) is 4.07. The maximum absolute atomic E-state index is 13.7. The Bertz CT molecular complexity index is 516. The van der Waals surface area contributed by atoms with E-state index in [2.05, 4.69) is 9.89 Å². The first-order valence-electron chi connectivity index (χ1n) is 6.61. The number of halogens is 2. The molecular formula is C14H17F2N3. The van der Waals surface area contributed by atoms with E-state index >= 15 is 0 Å². The van der Waals surface area contributed by atoms with Crippen molar-refractivity contribution in [1.82, 2.24) is 4.90 Å². The first-order chi connectivity index (χ1) is 9.19. The Morgan fingerprint density at radius 1 is 1.37 bits per heavy atom. The molecule has 5 heteroatoms. The van der Waals surface area contributed by atoms with Crippen molar-refractivity contribution in [3.8, 4) is 0 Å². The third-order valence-electron chi connectivity index (χ3n) is 4.09. The Morgan fingerprint density at radius 3 is 3.00 bits per heavy atom. The number of hydrogen-bond acceptors (Lipinski definition) is 3. The molecule has 3 rings (SSSR count). The van der Waals surface area contributed by atoms with Crippen molar-refractivity contribution in [3.05, 3.63) is 34.9 Å². The van der Waals surface area contributed by atoms with E-state index in [1.165, 1.54) is 6.07 Å². The minimum atomic E-state index is -0.495. The molecule has 2 atom stereocenters. The van der Waals surface area contributed by atoms with Crippen LogP contribution in [0.5, 0.6) is 0 Å². The van der Waals surface area contributed by atoms with Gasteiger partial charge in [-0.05, 0) is 36.5 Å². The van der Waals surface area contributed by atoms with Crippen molar-refractivity contribution in [2.24, 2.45) is 10.7 Å². The van der Waals surface area contributed by atoms with Gasteiger partial charge in [-0.1, -0.05) is 0 Å². The maximum atomic E-state index is 13.7. The molecule has 2 aliphatic rings. The standard InChI is InChI=1S/C14H17F2N3/c15-10-3-9-4-11(1-2-13(9)14(16)5-10)19-8-18-7-12(19)6-17/h3,5,7,11-12H,1-2,4,6,8,17H2/t11-,12?/m0/s1. The van der Waals surface area contributed by atoms with Crippen LogP contribution >= 0.6 is 0 Å². The van der Waals surface area contributed by atoms with E-state index in [0.717, 1.165) is 18.1 Å². The second-order valence-corrected chi connectivity index (χ2v) is 5.21. The fourth-order valence-electron chi connectivity index (χ4n) is 3.10. The van der Waals surface area contributed by atoms with E-state index in [0.29, 0.717) is 31.6 Å². The van der Waals surface area contributed by atoms with Crippen LogP contribution in [0.3, 0.4) is 0 Å². The van der Waals surface area contributed by atoms with E-state index in [1.54, 1.807) is 0 Å². The molecule has 1 aromatic carbocycles. The number of fused-ring (bicyclic) bond motifs is 1. The highest BCUT2D eigenvalue weighted by molar-refractivity contribution is 5.66. The van der Waals surface area contributed by atoms with E-state index in [1.807, 2.05) is 6.21 Å². The van der Waals surface area contributed by atoms with Gasteiger partial charge in [0.1, 0.15) is 11.6 Å². The van der Waals surface area contributed by atoms with Gasteiger partial charge in [-0.3, -0.25) is 9.89 Å². The van der Waals surface area contributed by atoms with Crippen molar-refractivity contribution >= 4 is 6.21 Å². The highest BCUT2D eigenvalue weighted by atomic mass is 19.1. The molecule has 3 nitrogen and oxygen atoms in total. The molecular weight excluding hydrogens is 248 g/mol. The smallest absolute Gasteiger partial charge is 0.129 e. The minimum absolute atomic E-state index is 0.157. The Labute approximate surface area is 111 Å². The summed E-state index contributed by atoms with van der Waals surface area (Å²) in [5.41, 5.74) is 7.18. The first kappa shape index (κ1) is 12.7. The number of nitrogens with zero attached hydrogens (tertiary/aromatic N) is 2. The molecule has 0 spiro atoms. The molecule has 0 saturated heterocycles. The predicted octanol–water partition coefficient (Wildman–Crippen LogP) is 1.49. The molecule has 0 aromatic heterocycles. The van der Waals surface area contributed by atoms with Crippen LogP contribution < -0.4 is 5.73 Å². The largest absolute Gasteiger partial charge is 0.329 e. The lowest BCUT2D eigenvalue weighted by atomic mass is 9.86. The fourth-order valence-corrected chi connectivity index (χ4v) is 3.10. The summed E-state index contributed by atoms with van der Waals surface area (Å²) < 4.78 is 27.0. The molecule has 2 N–H and O–H groups in total. The predicted molar refractivity (Wildman–Crippen MR) is 70.2 cm³/mol. The quantitative estimate of drug-likeness (QED) is 0.880. The van der Waals surface area contributed by atoms with Gasteiger partial charge in [-0.15, -0.1) is 0 Å². The SMILES string of the molecule is NCC1C=NCN1[C@H]1CCc2c(F)cc(F)cc2C1. The van der Waals surface area contributed by atoms with E-state index in [4.69, 9.17) is 5.73 Å². The van der Waals surface area contributed by atoms with Gasteiger partial charge in [0.2, 0.25) is 0 Å². The molecule has 0 radical (unpaired) electrons. The van der Waals surface area contributed by atoms with Crippen LogP contribution in [0.25, 0.3) is 0 Å². The summed E-state index contributed by atoms with van der Waals surface area (Å²) in [5.74, 6) is -0.911. The van der Waals surface area contributed by atoms with Gasteiger partial charge in [-0.2, -0.15) is 0 Å². The molecule has 0 amide bonds. The van der Waals surface area contributed by atoms with Gasteiger partial charge in [-0.25, -0.2) is 8.78 Å². The zero-order valence-electron chi connectivity index (χ0n) is 10.6. The number of nitrogens with two attached hydrogens (primary N) is 1. The normalized spacial score (nSPS) is 26.7. The fraction of sp³-hybridized carbons (Fsp3) is 0.500. The second kappa shape index (κ2) is 4.98. The third kappa shape index (κ3) is 2.28. The average Bonchev–Trinajstić information content (AvgIpc) is 2.86. The molecule has 0 saturated carbocycles. The molecule has 19 heavy (non-hydrogen) atoms. The molecule has 1 aliphatic heterocycles. The van der Waals surface area contributed by atoms with Crippen molar-refractivity contribution in [2.45, 2.75) is 31.3 Å². The Kier molecular flexibility index (Phi) is 3.33. The summed E-state index contributed by atoms with van der Waals surface area (Å²) >= 11 is 0. The summed E-state index contributed by atoms with van der Waals surface area (Å²) in [6, 6.07) is 2.86. The molecule has 1 aromatic rings. The van der Waals surface area contributed by atoms with Gasteiger partial charge in [0.25, 0.3) is 0 Å². The summed E-state index contributed by atoms with van der Waals surface area (Å²) in [4.78, 5) is 6.48. The van der Waals surface area contributed by atoms with E-state index in [-0.39, 0.29) is 12.1 Å². The molecule has 0 bridgehead atoms. The van der Waals surface area contributed by atoms with Gasteiger partial charge in [0.05, 0.1) is 12.7 Å². The van der Waals surface area contributed by atoms with E-state index in [9.17, 15) is 8.78 Å². The Morgan fingerprint density at radius 2 is 2.21 bits per heavy atom. The van der Waals surface area contributed by atoms with Crippen LogP contribution in [0.2, 0.25) is 0 Å². The molecule has 1 aliphatic carbocycles. The summed E-state index contributed by atoms with van der Waals surface area (Å²) in [7, 11) is 0. The minimum Gasteiger partial charge on any atom is -0.329 e. The molecule has 102 valence electrons. The zero-order valence-corrected chi connectivity index (χ0v) is 10.6. The van der Waals surface area contributed by atoms with Crippen LogP contribution in [-0.2, 0) is 12.8 Å². The van der Waals surface area contributed by atoms with Crippen LogP contribution in [0.4, 0.5) is 8.78 Å². The first-order valence-corrected chi connectivity index (χ1v) is 6.61. The number of aliphatic imine (C=N–C) groups is 1. The Balaban J connectivity index is 1.82. The van der Waals surface area contributed by atoms with Crippen LogP contribution in [0.15, 0.2) is 17.1 Å². The lowest BCUT2D eigenvalue weighted by Gasteiger charge is -2.35. The van der Waals surface area contributed by atoms with Crippen molar-refractivity contribution in [2.75, 3.05) is 13.2 Å². The van der Waals surface area contributed by atoms with Gasteiger partial charge >= 0.3 is 0 Å². The molecule has 0 fully saturated rings. The highest BCUT2D eigenvalue weighted by Gasteiger charge is 2.31. The van der Waals surface area contributed by atoms with E-state index < -0.39 is 11.6 Å². The lowest BCUT2D eigenvalue weighted by molar-refractivity contribution is 0.178. The highest BCUT2D eigenvalue weighted by Crippen LogP contribution is 2.29. The van der Waals surface area contributed by atoms with Crippen molar-refractivity contribution in [3.63, 3.8) is 0 Å². The van der Waals surface area contributed by atoms with Crippen LogP contribution in [0, 0.1) is 11.6 Å². The van der Waals surface area contributed by atoms with Crippen LogP contribution in [-0.4, -0.2) is 36.4 Å². The Hall–Kier alpha value is -1.33. The average molecular weight is 265 g/mol. The van der Waals surface area contributed by atoms with Gasteiger partial charge < -0.3 is 5.73 Å². The third-order valence-corrected chi connectivity index (χ3v) is 4.09.